The Morgan fingerprint density at radius 1 is 0.634 bits per heavy atom. The second-order valence-electron chi connectivity index (χ2n) is 10.7. The van der Waals surface area contributed by atoms with Crippen LogP contribution >= 0.6 is 0 Å². The Kier molecular flexibility index (Phi) is 13.5. The molecule has 2 heterocycles. The summed E-state index contributed by atoms with van der Waals surface area (Å²) in [5.41, 5.74) is 2.03. The topological polar surface area (TPSA) is 116 Å². The Morgan fingerprint density at radius 3 is 1.83 bits per heavy atom. The van der Waals surface area contributed by atoms with Crippen LogP contribution < -0.4 is 0 Å². The molecule has 0 radical (unpaired) electrons. The molecular formula is C32H46O9. The van der Waals surface area contributed by atoms with Gasteiger partial charge in [0.25, 0.3) is 0 Å². The number of unbranched alkanes of at least 4 members (excludes halogenated alkanes) is 5. The van der Waals surface area contributed by atoms with E-state index in [0.717, 1.165) is 24.0 Å². The summed E-state index contributed by atoms with van der Waals surface area (Å²) < 4.78 is 36.8. The fraction of sp³-hybridized carbons (Fsp3) is 0.625. The molecule has 3 N–H and O–H groups in total. The van der Waals surface area contributed by atoms with Crippen molar-refractivity contribution in [2.75, 3.05) is 19.8 Å². The highest BCUT2D eigenvalue weighted by molar-refractivity contribution is 5.14. The minimum absolute atomic E-state index is 0.00806. The maximum atomic E-state index is 10.4. The molecule has 0 saturated carbocycles. The zero-order valence-electron chi connectivity index (χ0n) is 24.0. The maximum absolute atomic E-state index is 10.4. The maximum Gasteiger partial charge on any atom is 0.186 e. The number of aliphatic hydroxyl groups is 3. The summed E-state index contributed by atoms with van der Waals surface area (Å²) in [5, 5.41) is 29.9. The number of aliphatic hydroxyl groups excluding tert-OH is 3. The van der Waals surface area contributed by atoms with Gasteiger partial charge in [0.15, 0.2) is 12.6 Å². The molecule has 4 rings (SSSR count). The molecule has 2 aromatic carbocycles. The van der Waals surface area contributed by atoms with E-state index in [-0.39, 0.29) is 6.61 Å². The van der Waals surface area contributed by atoms with Crippen LogP contribution in [0.2, 0.25) is 0 Å². The van der Waals surface area contributed by atoms with Crippen LogP contribution in [0.1, 0.15) is 56.6 Å². The summed E-state index contributed by atoms with van der Waals surface area (Å²) in [4.78, 5) is 0. The van der Waals surface area contributed by atoms with E-state index in [2.05, 4.69) is 6.92 Å². The highest BCUT2D eigenvalue weighted by Crippen LogP contribution is 2.31. The van der Waals surface area contributed by atoms with Crippen molar-refractivity contribution < 1.29 is 43.7 Å². The minimum atomic E-state index is -1.29. The molecule has 0 unspecified atom stereocenters. The van der Waals surface area contributed by atoms with E-state index in [9.17, 15) is 15.3 Å². The summed E-state index contributed by atoms with van der Waals surface area (Å²) in [7, 11) is 0. The summed E-state index contributed by atoms with van der Waals surface area (Å²) in [6, 6.07) is 19.8. The standard InChI is InChI=1S/C32H46O9/c1-2-3-4-5-6-13-18-36-32-30(38-21-24-16-11-8-12-17-24)29(37-20-23-14-9-7-10-15-23)26(41-32)22-39-31-28(35)27(34)25(19-33)40-31/h7-12,14-17,25-35H,2-6,13,18-22H2,1H3/t25-,26-,27-,28+,29-,30+,31+,32+/m1/s1. The van der Waals surface area contributed by atoms with Gasteiger partial charge in [-0.15, -0.1) is 0 Å². The third-order valence-corrected chi connectivity index (χ3v) is 7.54. The van der Waals surface area contributed by atoms with Crippen LogP contribution in [0.3, 0.4) is 0 Å². The quantitative estimate of drug-likeness (QED) is 0.229. The largest absolute Gasteiger partial charge is 0.394 e. The molecule has 2 aliphatic heterocycles. The monoisotopic (exact) mass is 574 g/mol. The first-order chi connectivity index (χ1) is 20.1. The van der Waals surface area contributed by atoms with Gasteiger partial charge in [0.1, 0.15) is 36.6 Å². The van der Waals surface area contributed by atoms with Crippen molar-refractivity contribution >= 4 is 0 Å². The summed E-state index contributed by atoms with van der Waals surface area (Å²) in [6.45, 7) is 3.03. The van der Waals surface area contributed by atoms with Gasteiger partial charge in [-0.05, 0) is 17.5 Å². The van der Waals surface area contributed by atoms with Gasteiger partial charge in [0.05, 0.1) is 26.4 Å². The van der Waals surface area contributed by atoms with Crippen LogP contribution in [-0.2, 0) is 41.6 Å². The van der Waals surface area contributed by atoms with Crippen LogP contribution in [0.15, 0.2) is 60.7 Å². The lowest BCUT2D eigenvalue weighted by Gasteiger charge is -2.25. The van der Waals surface area contributed by atoms with Crippen molar-refractivity contribution in [1.29, 1.82) is 0 Å². The molecule has 2 saturated heterocycles. The molecule has 0 spiro atoms. The SMILES string of the molecule is CCCCCCCCO[C@H]1O[C@H](CO[C@H]2O[C@H](CO)[C@@H](O)[C@@H]2O)[C@@H](OCc2ccccc2)[C@@H]1OCc1ccccc1. The van der Waals surface area contributed by atoms with Crippen molar-refractivity contribution in [3.05, 3.63) is 71.8 Å². The molecule has 0 aromatic heterocycles. The first-order valence-corrected chi connectivity index (χ1v) is 14.9. The molecule has 2 fully saturated rings. The number of hydrogen-bond acceptors (Lipinski definition) is 9. The Balaban J connectivity index is 1.43. The lowest BCUT2D eigenvalue weighted by molar-refractivity contribution is -0.209. The van der Waals surface area contributed by atoms with E-state index in [4.69, 9.17) is 28.4 Å². The number of hydrogen-bond donors (Lipinski definition) is 3. The molecular weight excluding hydrogens is 528 g/mol. The average Bonchev–Trinajstić information content (AvgIpc) is 3.48. The van der Waals surface area contributed by atoms with Crippen molar-refractivity contribution in [2.45, 2.75) is 108 Å². The summed E-state index contributed by atoms with van der Waals surface area (Å²) in [5.74, 6) is 0. The lowest BCUT2D eigenvalue weighted by atomic mass is 10.1. The van der Waals surface area contributed by atoms with E-state index in [0.29, 0.717) is 19.8 Å². The molecule has 0 amide bonds. The Hall–Kier alpha value is -1.92. The van der Waals surface area contributed by atoms with Crippen LogP contribution in [-0.4, -0.2) is 84.3 Å². The molecule has 8 atom stereocenters. The van der Waals surface area contributed by atoms with Crippen LogP contribution in [0, 0.1) is 0 Å². The van der Waals surface area contributed by atoms with Gasteiger partial charge in [-0.25, -0.2) is 0 Å². The van der Waals surface area contributed by atoms with Crippen molar-refractivity contribution in [2.24, 2.45) is 0 Å². The smallest absolute Gasteiger partial charge is 0.186 e. The number of rotatable bonds is 18. The van der Waals surface area contributed by atoms with E-state index < -0.39 is 55.8 Å². The third kappa shape index (κ3) is 9.54. The zero-order valence-corrected chi connectivity index (χ0v) is 24.0. The van der Waals surface area contributed by atoms with Crippen molar-refractivity contribution in [3.8, 4) is 0 Å². The van der Waals surface area contributed by atoms with Gasteiger partial charge < -0.3 is 43.7 Å². The predicted molar refractivity (Wildman–Crippen MR) is 152 cm³/mol. The zero-order chi connectivity index (χ0) is 28.9. The molecule has 9 heteroatoms. The number of ether oxygens (including phenoxy) is 6. The Labute approximate surface area is 243 Å². The molecule has 0 aliphatic carbocycles. The second kappa shape index (κ2) is 17.3. The van der Waals surface area contributed by atoms with Crippen molar-refractivity contribution in [3.63, 3.8) is 0 Å². The van der Waals surface area contributed by atoms with Crippen LogP contribution in [0.25, 0.3) is 0 Å². The predicted octanol–water partition coefficient (Wildman–Crippen LogP) is 3.71. The van der Waals surface area contributed by atoms with Crippen molar-refractivity contribution in [1.82, 2.24) is 0 Å². The van der Waals surface area contributed by atoms with Gasteiger partial charge in [0, 0.05) is 6.61 Å². The first kappa shape index (κ1) is 32.0. The van der Waals surface area contributed by atoms with Gasteiger partial charge in [-0.2, -0.15) is 0 Å². The van der Waals surface area contributed by atoms with Crippen LogP contribution in [0.4, 0.5) is 0 Å². The summed E-state index contributed by atoms with van der Waals surface area (Å²) >= 11 is 0. The fourth-order valence-electron chi connectivity index (χ4n) is 5.15. The normalized spacial score (nSPS) is 29.8. The van der Waals surface area contributed by atoms with Gasteiger partial charge in [-0.3, -0.25) is 0 Å². The van der Waals surface area contributed by atoms with Gasteiger partial charge in [0.2, 0.25) is 0 Å². The Bertz CT molecular complexity index is 962. The van der Waals surface area contributed by atoms with E-state index in [1.807, 2.05) is 60.7 Å². The fourth-order valence-corrected chi connectivity index (χ4v) is 5.15. The highest BCUT2D eigenvalue weighted by Gasteiger charge is 2.49. The highest BCUT2D eigenvalue weighted by atomic mass is 16.7. The number of benzene rings is 2. The summed E-state index contributed by atoms with van der Waals surface area (Å²) in [6.07, 6.45) is 0.0113. The van der Waals surface area contributed by atoms with E-state index in [1.54, 1.807) is 0 Å². The average molecular weight is 575 g/mol. The van der Waals surface area contributed by atoms with E-state index >= 15 is 0 Å². The minimum Gasteiger partial charge on any atom is -0.394 e. The molecule has 2 aromatic rings. The van der Waals surface area contributed by atoms with Crippen LogP contribution in [0.5, 0.6) is 0 Å². The molecule has 0 bridgehead atoms. The lowest BCUT2D eigenvalue weighted by Crippen LogP contribution is -2.41. The second-order valence-corrected chi connectivity index (χ2v) is 10.7. The molecule has 228 valence electrons. The molecule has 41 heavy (non-hydrogen) atoms. The van der Waals surface area contributed by atoms with Gasteiger partial charge >= 0.3 is 0 Å². The first-order valence-electron chi connectivity index (χ1n) is 14.9. The molecule has 2 aliphatic rings. The third-order valence-electron chi connectivity index (χ3n) is 7.54. The van der Waals surface area contributed by atoms with E-state index in [1.165, 1.54) is 25.7 Å². The molecule has 9 nitrogen and oxygen atoms in total. The van der Waals surface area contributed by atoms with Gasteiger partial charge in [-0.1, -0.05) is 99.7 Å². The Morgan fingerprint density at radius 2 is 1.22 bits per heavy atom.